The van der Waals surface area contributed by atoms with Gasteiger partial charge in [0.25, 0.3) is 10.1 Å². The highest BCUT2D eigenvalue weighted by molar-refractivity contribution is 7.85. The summed E-state index contributed by atoms with van der Waals surface area (Å²) in [4.78, 5) is 2.71. The summed E-state index contributed by atoms with van der Waals surface area (Å²) < 4.78 is 31.5. The lowest BCUT2D eigenvalue weighted by atomic mass is 9.73. The molecular weight excluding hydrogens is 386 g/mol. The summed E-state index contributed by atoms with van der Waals surface area (Å²) in [5.74, 6) is 2.52. The summed E-state index contributed by atoms with van der Waals surface area (Å²) in [6, 6.07) is 18.3. The average Bonchev–Trinajstić information content (AvgIpc) is 3.05. The van der Waals surface area contributed by atoms with Crippen LogP contribution in [-0.2, 0) is 23.0 Å². The summed E-state index contributed by atoms with van der Waals surface area (Å²) in [5.41, 5.74) is 4.47. The molecule has 0 radical (unpaired) electrons. The number of likely N-dealkylation sites (tertiary alicyclic amines) is 1. The van der Waals surface area contributed by atoms with Gasteiger partial charge in [-0.2, -0.15) is 8.42 Å². The zero-order valence-electron chi connectivity index (χ0n) is 17.4. The highest BCUT2D eigenvalue weighted by atomic mass is 32.2. The predicted molar refractivity (Wildman–Crippen MR) is 116 cm³/mol. The van der Waals surface area contributed by atoms with Gasteiger partial charge in [-0.3, -0.25) is 9.45 Å². The van der Waals surface area contributed by atoms with E-state index in [4.69, 9.17) is 9.29 Å². The van der Waals surface area contributed by atoms with Crippen molar-refractivity contribution >= 4 is 10.1 Å². The van der Waals surface area contributed by atoms with Crippen molar-refractivity contribution in [2.75, 3.05) is 26.5 Å². The Morgan fingerprint density at radius 3 is 2.45 bits per heavy atom. The van der Waals surface area contributed by atoms with Gasteiger partial charge in [0.05, 0.1) is 13.4 Å². The highest BCUT2D eigenvalue weighted by Gasteiger charge is 2.44. The van der Waals surface area contributed by atoms with Gasteiger partial charge in [-0.1, -0.05) is 49.4 Å². The molecule has 2 aromatic rings. The molecule has 3 unspecified atom stereocenters. The van der Waals surface area contributed by atoms with Crippen molar-refractivity contribution in [1.82, 2.24) is 4.90 Å². The van der Waals surface area contributed by atoms with Gasteiger partial charge in [0.2, 0.25) is 0 Å². The van der Waals surface area contributed by atoms with Crippen molar-refractivity contribution in [3.8, 4) is 5.75 Å². The molecule has 2 aliphatic rings. The van der Waals surface area contributed by atoms with Gasteiger partial charge in [0.15, 0.2) is 0 Å². The first-order chi connectivity index (χ1) is 13.8. The lowest BCUT2D eigenvalue weighted by Gasteiger charge is -2.32. The van der Waals surface area contributed by atoms with Crippen LogP contribution in [0, 0.1) is 5.92 Å². The average molecular weight is 418 g/mol. The Morgan fingerprint density at radius 2 is 1.83 bits per heavy atom. The molecule has 1 heterocycles. The topological polar surface area (TPSA) is 66.8 Å². The van der Waals surface area contributed by atoms with Gasteiger partial charge in [-0.15, -0.1) is 0 Å². The third-order valence-electron chi connectivity index (χ3n) is 6.12. The van der Waals surface area contributed by atoms with E-state index in [2.05, 4.69) is 60.4 Å². The van der Waals surface area contributed by atoms with Gasteiger partial charge in [0.1, 0.15) is 5.75 Å². The Balaban J connectivity index is 0.000000431. The molecule has 6 heteroatoms. The van der Waals surface area contributed by atoms with E-state index < -0.39 is 10.1 Å². The summed E-state index contributed by atoms with van der Waals surface area (Å²) in [6.45, 7) is 4.64. The summed E-state index contributed by atoms with van der Waals surface area (Å²) in [5, 5.41) is 0. The van der Waals surface area contributed by atoms with Gasteiger partial charge in [-0.05, 0) is 54.5 Å². The Hall–Kier alpha value is -1.89. The molecule has 1 saturated heterocycles. The zero-order valence-corrected chi connectivity index (χ0v) is 18.2. The molecule has 1 N–H and O–H groups in total. The molecule has 4 rings (SSSR count). The van der Waals surface area contributed by atoms with Crippen LogP contribution in [0.2, 0.25) is 0 Å². The van der Waals surface area contributed by atoms with E-state index in [-0.39, 0.29) is 0 Å². The molecule has 1 fully saturated rings. The quantitative estimate of drug-likeness (QED) is 0.767. The Bertz CT molecular complexity index is 906. The SMILES string of the molecule is CCN1CC2c3cccc(OC)c3CCC2C1Cc1ccccc1.CS(=O)(=O)O. The van der Waals surface area contributed by atoms with E-state index in [9.17, 15) is 8.42 Å². The molecular formula is C23H31NO4S. The van der Waals surface area contributed by atoms with Crippen LogP contribution in [-0.4, -0.2) is 50.4 Å². The van der Waals surface area contributed by atoms with Crippen LogP contribution in [0.5, 0.6) is 5.75 Å². The van der Waals surface area contributed by atoms with Crippen LogP contribution in [0.25, 0.3) is 0 Å². The fourth-order valence-electron chi connectivity index (χ4n) is 4.98. The van der Waals surface area contributed by atoms with Crippen molar-refractivity contribution in [3.05, 3.63) is 65.2 Å². The van der Waals surface area contributed by atoms with Crippen molar-refractivity contribution in [3.63, 3.8) is 0 Å². The van der Waals surface area contributed by atoms with E-state index in [1.807, 2.05) is 0 Å². The maximum atomic E-state index is 9.19. The third kappa shape index (κ3) is 5.38. The number of benzene rings is 2. The monoisotopic (exact) mass is 417 g/mol. The number of rotatable bonds is 4. The zero-order chi connectivity index (χ0) is 21.0. The fourth-order valence-corrected chi connectivity index (χ4v) is 4.98. The van der Waals surface area contributed by atoms with E-state index in [0.29, 0.717) is 18.2 Å². The molecule has 1 aliphatic heterocycles. The van der Waals surface area contributed by atoms with E-state index in [0.717, 1.165) is 24.6 Å². The molecule has 0 saturated carbocycles. The fraction of sp³-hybridized carbons (Fsp3) is 0.478. The molecule has 0 aromatic heterocycles. The van der Waals surface area contributed by atoms with E-state index >= 15 is 0 Å². The largest absolute Gasteiger partial charge is 0.496 e. The van der Waals surface area contributed by atoms with Crippen LogP contribution in [0.1, 0.15) is 36.0 Å². The summed E-state index contributed by atoms with van der Waals surface area (Å²) in [7, 11) is -1.87. The standard InChI is InChI=1S/C22H27NO.CH4O3S/c1-3-23-15-20-17-10-7-11-22(24-2)19(17)13-12-18(20)21(23)14-16-8-5-4-6-9-16;1-5(2,3)4/h4-11,18,20-21H,3,12-15H2,1-2H3;1H3,(H,2,3,4). The lowest BCUT2D eigenvalue weighted by Crippen LogP contribution is -2.35. The molecule has 29 heavy (non-hydrogen) atoms. The molecule has 1 aliphatic carbocycles. The molecule has 5 nitrogen and oxygen atoms in total. The number of ether oxygens (including phenoxy) is 1. The minimum atomic E-state index is -3.67. The first-order valence-electron chi connectivity index (χ1n) is 10.2. The molecule has 2 aromatic carbocycles. The van der Waals surface area contributed by atoms with Crippen LogP contribution >= 0.6 is 0 Å². The Labute approximate surface area is 174 Å². The predicted octanol–water partition coefficient (Wildman–Crippen LogP) is 3.79. The van der Waals surface area contributed by atoms with Crippen LogP contribution in [0.3, 0.4) is 0 Å². The normalized spacial score (nSPS) is 23.5. The Morgan fingerprint density at radius 1 is 1.14 bits per heavy atom. The summed E-state index contributed by atoms with van der Waals surface area (Å²) >= 11 is 0. The minimum absolute atomic E-state index is 0.664. The van der Waals surface area contributed by atoms with Crippen molar-refractivity contribution in [2.24, 2.45) is 5.92 Å². The number of fused-ring (bicyclic) bond motifs is 3. The first kappa shape index (κ1) is 21.8. The minimum Gasteiger partial charge on any atom is -0.496 e. The number of hydrogen-bond donors (Lipinski definition) is 1. The molecule has 0 bridgehead atoms. The summed E-state index contributed by atoms with van der Waals surface area (Å²) in [6.07, 6.45) is 4.33. The molecule has 0 spiro atoms. The second-order valence-electron chi connectivity index (χ2n) is 7.91. The number of methoxy groups -OCH3 is 1. The number of nitrogens with zero attached hydrogens (tertiary/aromatic N) is 1. The van der Waals surface area contributed by atoms with E-state index in [1.54, 1.807) is 12.7 Å². The molecule has 158 valence electrons. The maximum Gasteiger partial charge on any atom is 0.261 e. The number of hydrogen-bond acceptors (Lipinski definition) is 4. The van der Waals surface area contributed by atoms with Crippen molar-refractivity contribution in [2.45, 2.75) is 38.1 Å². The van der Waals surface area contributed by atoms with Crippen molar-refractivity contribution < 1.29 is 17.7 Å². The molecule has 3 atom stereocenters. The van der Waals surface area contributed by atoms with Gasteiger partial charge in [-0.25, -0.2) is 0 Å². The van der Waals surface area contributed by atoms with Crippen LogP contribution in [0.4, 0.5) is 0 Å². The molecule has 0 amide bonds. The number of likely N-dealkylation sites (N-methyl/N-ethyl adjacent to an activating group) is 1. The third-order valence-corrected chi connectivity index (χ3v) is 6.12. The smallest absolute Gasteiger partial charge is 0.261 e. The van der Waals surface area contributed by atoms with Gasteiger partial charge < -0.3 is 4.74 Å². The second kappa shape index (κ2) is 9.28. The van der Waals surface area contributed by atoms with E-state index in [1.165, 1.54) is 30.5 Å². The van der Waals surface area contributed by atoms with Gasteiger partial charge in [0, 0.05) is 18.5 Å². The highest BCUT2D eigenvalue weighted by Crippen LogP contribution is 2.47. The first-order valence-corrected chi connectivity index (χ1v) is 12.0. The Kier molecular flexibility index (Phi) is 6.98. The van der Waals surface area contributed by atoms with Crippen molar-refractivity contribution in [1.29, 1.82) is 0 Å². The van der Waals surface area contributed by atoms with Gasteiger partial charge >= 0.3 is 0 Å². The second-order valence-corrected chi connectivity index (χ2v) is 9.38. The lowest BCUT2D eigenvalue weighted by molar-refractivity contribution is 0.228. The van der Waals surface area contributed by atoms with Crippen LogP contribution in [0.15, 0.2) is 48.5 Å². The maximum absolute atomic E-state index is 9.19. The van der Waals surface area contributed by atoms with Crippen LogP contribution < -0.4 is 4.74 Å².